The van der Waals surface area contributed by atoms with Crippen molar-refractivity contribution in [1.29, 1.82) is 0 Å². The third-order valence-corrected chi connectivity index (χ3v) is 6.41. The van der Waals surface area contributed by atoms with Gasteiger partial charge in [-0.1, -0.05) is 0 Å². The summed E-state index contributed by atoms with van der Waals surface area (Å²) in [5.41, 5.74) is 8.74. The average Bonchev–Trinajstić information content (AvgIpc) is 3.38. The maximum Gasteiger partial charge on any atom is 0.261 e. The van der Waals surface area contributed by atoms with Crippen LogP contribution in [-0.2, 0) is 0 Å². The number of carbonyl (C=O) groups excluding carboxylic acids is 1. The summed E-state index contributed by atoms with van der Waals surface area (Å²) in [6.45, 7) is 4.05. The molecule has 3 aromatic heterocycles. The molecule has 1 aliphatic rings. The van der Waals surface area contributed by atoms with Gasteiger partial charge in [-0.05, 0) is 61.2 Å². The van der Waals surface area contributed by atoms with E-state index < -0.39 is 5.60 Å². The second-order valence-electron chi connectivity index (χ2n) is 8.39. The van der Waals surface area contributed by atoms with E-state index in [-0.39, 0.29) is 17.9 Å². The quantitative estimate of drug-likeness (QED) is 0.487. The smallest absolute Gasteiger partial charge is 0.261 e. The third kappa shape index (κ3) is 3.75. The van der Waals surface area contributed by atoms with Gasteiger partial charge in [-0.25, -0.2) is 4.52 Å². The van der Waals surface area contributed by atoms with Crippen molar-refractivity contribution in [1.82, 2.24) is 19.9 Å². The largest absolute Gasteiger partial charge is 0.497 e. The summed E-state index contributed by atoms with van der Waals surface area (Å²) in [7, 11) is 1.63. The van der Waals surface area contributed by atoms with Gasteiger partial charge in [0.15, 0.2) is 5.65 Å². The number of hydrogen-bond acceptors (Lipinski definition) is 7. The first-order chi connectivity index (χ1) is 15.3. The molecule has 9 heteroatoms. The molecule has 0 fully saturated rings. The van der Waals surface area contributed by atoms with Crippen molar-refractivity contribution in [2.45, 2.75) is 31.9 Å². The summed E-state index contributed by atoms with van der Waals surface area (Å²) < 4.78 is 13.1. The summed E-state index contributed by atoms with van der Waals surface area (Å²) >= 11 is 1.40. The van der Waals surface area contributed by atoms with E-state index >= 15 is 0 Å². The molecule has 4 heterocycles. The van der Waals surface area contributed by atoms with Crippen LogP contribution in [0.1, 0.15) is 41.5 Å². The van der Waals surface area contributed by atoms with Gasteiger partial charge in [0.05, 0.1) is 18.0 Å². The minimum absolute atomic E-state index is 0.121. The van der Waals surface area contributed by atoms with E-state index in [0.717, 1.165) is 28.2 Å². The lowest BCUT2D eigenvalue weighted by atomic mass is 9.89. The highest BCUT2D eigenvalue weighted by Gasteiger charge is 2.35. The molecule has 0 radical (unpaired) electrons. The number of rotatable bonds is 4. The van der Waals surface area contributed by atoms with Crippen LogP contribution >= 0.6 is 11.3 Å². The number of nitrogens with two attached hydrogens (primary N) is 1. The Bertz CT molecular complexity index is 1330. The fourth-order valence-corrected chi connectivity index (χ4v) is 4.81. The lowest BCUT2D eigenvalue weighted by Gasteiger charge is -2.38. The number of carbonyl (C=O) groups is 1. The molecule has 1 amide bonds. The zero-order valence-electron chi connectivity index (χ0n) is 18.0. The van der Waals surface area contributed by atoms with Crippen LogP contribution < -0.4 is 20.5 Å². The predicted molar refractivity (Wildman–Crippen MR) is 123 cm³/mol. The summed E-state index contributed by atoms with van der Waals surface area (Å²) in [4.78, 5) is 17.9. The van der Waals surface area contributed by atoms with E-state index in [9.17, 15) is 4.79 Å². The Morgan fingerprint density at radius 3 is 2.94 bits per heavy atom. The van der Waals surface area contributed by atoms with Gasteiger partial charge in [-0.3, -0.25) is 4.79 Å². The van der Waals surface area contributed by atoms with Crippen molar-refractivity contribution in [3.8, 4) is 22.6 Å². The number of anilines is 1. The Kier molecular flexibility index (Phi) is 4.78. The van der Waals surface area contributed by atoms with Crippen molar-refractivity contribution < 1.29 is 14.3 Å². The maximum atomic E-state index is 13.1. The molecule has 0 aliphatic carbocycles. The molecule has 8 nitrogen and oxygen atoms in total. The highest BCUT2D eigenvalue weighted by atomic mass is 32.1. The van der Waals surface area contributed by atoms with E-state index in [1.807, 2.05) is 61.8 Å². The number of pyridine rings is 1. The van der Waals surface area contributed by atoms with E-state index in [0.29, 0.717) is 16.9 Å². The molecule has 0 saturated carbocycles. The molecule has 4 aromatic rings. The molecule has 1 aliphatic heterocycles. The number of hydrogen-bond donors (Lipinski definition) is 2. The Labute approximate surface area is 189 Å². The molecule has 5 rings (SSSR count). The fraction of sp³-hybridized carbons (Fsp3) is 0.261. The molecular weight excluding hydrogens is 426 g/mol. The van der Waals surface area contributed by atoms with Crippen LogP contribution in [0.4, 0.5) is 5.95 Å². The molecule has 0 spiro atoms. The van der Waals surface area contributed by atoms with Gasteiger partial charge in [0.1, 0.15) is 17.1 Å². The number of fused-ring (bicyclic) bond motifs is 2. The van der Waals surface area contributed by atoms with E-state index in [1.165, 1.54) is 11.3 Å². The lowest BCUT2D eigenvalue weighted by molar-refractivity contribution is 0.0619. The van der Waals surface area contributed by atoms with Crippen molar-refractivity contribution in [3.05, 3.63) is 58.4 Å². The van der Waals surface area contributed by atoms with Gasteiger partial charge >= 0.3 is 0 Å². The number of ether oxygens (including phenoxy) is 2. The summed E-state index contributed by atoms with van der Waals surface area (Å²) in [6, 6.07) is 11.2. The Balaban J connectivity index is 1.40. The third-order valence-electron chi connectivity index (χ3n) is 5.48. The second-order valence-corrected chi connectivity index (χ2v) is 9.30. The van der Waals surface area contributed by atoms with Gasteiger partial charge < -0.3 is 20.5 Å². The zero-order valence-corrected chi connectivity index (χ0v) is 18.8. The molecular formula is C23H23N5O3S. The molecule has 1 unspecified atom stereocenters. The Hall–Kier alpha value is -3.59. The van der Waals surface area contributed by atoms with Crippen LogP contribution in [0.5, 0.6) is 11.5 Å². The van der Waals surface area contributed by atoms with Crippen molar-refractivity contribution in [2.75, 3.05) is 12.8 Å². The van der Waals surface area contributed by atoms with E-state index in [1.54, 1.807) is 11.6 Å². The van der Waals surface area contributed by atoms with Crippen LogP contribution in [0.15, 0.2) is 48.0 Å². The van der Waals surface area contributed by atoms with Crippen LogP contribution in [0.3, 0.4) is 0 Å². The van der Waals surface area contributed by atoms with Crippen LogP contribution in [-0.4, -0.2) is 33.2 Å². The molecule has 0 saturated heterocycles. The predicted octanol–water partition coefficient (Wildman–Crippen LogP) is 4.08. The molecule has 1 atom stereocenters. The lowest BCUT2D eigenvalue weighted by Crippen LogP contribution is -2.41. The molecule has 0 bridgehead atoms. The number of methoxy groups -OCH3 is 1. The summed E-state index contributed by atoms with van der Waals surface area (Å²) in [5, 5.41) is 9.30. The number of thiophene rings is 1. The zero-order chi connectivity index (χ0) is 22.5. The second kappa shape index (κ2) is 7.52. The van der Waals surface area contributed by atoms with Gasteiger partial charge in [-0.2, -0.15) is 4.98 Å². The van der Waals surface area contributed by atoms with Crippen LogP contribution in [0.25, 0.3) is 16.8 Å². The van der Waals surface area contributed by atoms with Crippen molar-refractivity contribution in [3.63, 3.8) is 0 Å². The first-order valence-corrected chi connectivity index (χ1v) is 11.1. The number of nitrogens with one attached hydrogen (secondary N) is 1. The van der Waals surface area contributed by atoms with Crippen molar-refractivity contribution >= 4 is 28.8 Å². The average molecular weight is 450 g/mol. The minimum Gasteiger partial charge on any atom is -0.497 e. The van der Waals surface area contributed by atoms with Gasteiger partial charge in [-0.15, -0.1) is 16.4 Å². The monoisotopic (exact) mass is 449 g/mol. The van der Waals surface area contributed by atoms with Crippen molar-refractivity contribution in [2.24, 2.45) is 0 Å². The summed E-state index contributed by atoms with van der Waals surface area (Å²) in [5.74, 6) is 1.60. The normalized spacial score (nSPS) is 16.9. The first kappa shape index (κ1) is 20.3. The fourth-order valence-electron chi connectivity index (χ4n) is 4.00. The molecule has 3 N–H and O–H groups in total. The van der Waals surface area contributed by atoms with Gasteiger partial charge in [0.2, 0.25) is 5.95 Å². The topological polar surface area (TPSA) is 104 Å². The number of benzene rings is 1. The minimum atomic E-state index is -0.394. The summed E-state index contributed by atoms with van der Waals surface area (Å²) in [6.07, 6.45) is 2.51. The highest BCUT2D eigenvalue weighted by molar-refractivity contribution is 7.12. The molecule has 32 heavy (non-hydrogen) atoms. The molecule has 1 aromatic carbocycles. The van der Waals surface area contributed by atoms with Gasteiger partial charge in [0, 0.05) is 23.7 Å². The number of amides is 1. The number of aromatic nitrogens is 3. The standard InChI is InChI=1S/C23H23N5O3S/c1-23(2)10-17(16-9-15(30-3)5-6-18(16)31-23)25-21(29)19-8-14(12-32-19)13-4-7-20-26-22(24)27-28(20)11-13/h4-9,11-12,17H,10H2,1-3H3,(H2,24,27)(H,25,29). The van der Waals surface area contributed by atoms with Crippen LogP contribution in [0, 0.1) is 0 Å². The maximum absolute atomic E-state index is 13.1. The van der Waals surface area contributed by atoms with Crippen LogP contribution in [0.2, 0.25) is 0 Å². The molecule has 164 valence electrons. The van der Waals surface area contributed by atoms with Gasteiger partial charge in [0.25, 0.3) is 5.91 Å². The van der Waals surface area contributed by atoms with E-state index in [4.69, 9.17) is 15.2 Å². The highest BCUT2D eigenvalue weighted by Crippen LogP contribution is 2.41. The Morgan fingerprint density at radius 2 is 2.12 bits per heavy atom. The Morgan fingerprint density at radius 1 is 1.28 bits per heavy atom. The number of nitrogens with zero attached hydrogens (tertiary/aromatic N) is 3. The first-order valence-electron chi connectivity index (χ1n) is 10.2. The van der Waals surface area contributed by atoms with E-state index in [2.05, 4.69) is 15.4 Å². The SMILES string of the molecule is COc1ccc2c(c1)C(NC(=O)c1cc(-c3ccc4nc(N)nn4c3)cs1)CC(C)(C)O2. The number of nitrogen functional groups attached to an aromatic ring is 1.